The largest absolute Gasteiger partial charge is 0.490 e. The van der Waals surface area contributed by atoms with E-state index in [4.69, 9.17) is 4.74 Å². The molecule has 8 aliphatic rings. The Labute approximate surface area is 298 Å². The number of nitrogens with one attached hydrogen (secondary N) is 1. The molecule has 3 heterocycles. The van der Waals surface area contributed by atoms with Crippen LogP contribution in [-0.4, -0.2) is 75.1 Å². The third-order valence-corrected chi connectivity index (χ3v) is 13.8. The number of hydrogen-bond donors (Lipinski definition) is 2. The topological polar surface area (TPSA) is 108 Å². The van der Waals surface area contributed by atoms with E-state index in [1.165, 1.54) is 0 Å². The van der Waals surface area contributed by atoms with Crippen molar-refractivity contribution in [1.82, 2.24) is 20.2 Å². The first-order valence-corrected chi connectivity index (χ1v) is 18.9. The summed E-state index contributed by atoms with van der Waals surface area (Å²) in [5.74, 6) is -4.22. The van der Waals surface area contributed by atoms with Crippen molar-refractivity contribution in [3.63, 3.8) is 0 Å². The lowest BCUT2D eigenvalue weighted by Gasteiger charge is -2.59. The van der Waals surface area contributed by atoms with Crippen LogP contribution >= 0.6 is 0 Å². The average molecular weight is 730 g/mol. The predicted octanol–water partition coefficient (Wildman–Crippen LogP) is 7.11. The lowest BCUT2D eigenvalue weighted by molar-refractivity contribution is -0.163. The van der Waals surface area contributed by atoms with Crippen LogP contribution in [0, 0.1) is 23.7 Å². The summed E-state index contributed by atoms with van der Waals surface area (Å²) in [4.78, 5) is 38.7. The minimum absolute atomic E-state index is 0.0672. The number of alkyl halides is 5. The van der Waals surface area contributed by atoms with Gasteiger partial charge in [0, 0.05) is 55.8 Å². The molecule has 10 rings (SSSR count). The van der Waals surface area contributed by atoms with Crippen LogP contribution < -0.4 is 15.0 Å². The van der Waals surface area contributed by atoms with Crippen molar-refractivity contribution in [2.24, 2.45) is 23.7 Å². The fourth-order valence-electron chi connectivity index (χ4n) is 11.5. The molecule has 2 aromatic rings. The maximum Gasteiger partial charge on any atom is 0.434 e. The molecule has 1 spiro atoms. The summed E-state index contributed by atoms with van der Waals surface area (Å²) in [5, 5.41) is 13.1. The van der Waals surface area contributed by atoms with Gasteiger partial charge in [0.2, 0.25) is 5.95 Å². The molecule has 6 saturated carbocycles. The fraction of sp³-hybridized carbons (Fsp3) is 0.684. The Balaban J connectivity index is 0.967. The Hall–Kier alpha value is -3.55. The molecule has 0 atom stereocenters. The van der Waals surface area contributed by atoms with Crippen LogP contribution in [0.5, 0.6) is 5.75 Å². The van der Waals surface area contributed by atoms with Crippen LogP contribution in [0.15, 0.2) is 24.4 Å². The molecule has 280 valence electrons. The summed E-state index contributed by atoms with van der Waals surface area (Å²) >= 11 is 0. The van der Waals surface area contributed by atoms with Gasteiger partial charge in [-0.2, -0.15) is 13.2 Å². The number of fused-ring (bicyclic) bond motifs is 2. The van der Waals surface area contributed by atoms with Gasteiger partial charge in [0.25, 0.3) is 11.8 Å². The highest BCUT2D eigenvalue weighted by molar-refractivity contribution is 5.99. The first kappa shape index (κ1) is 34.2. The lowest BCUT2D eigenvalue weighted by Crippen LogP contribution is -2.70. The third kappa shape index (κ3) is 5.55. The Kier molecular flexibility index (Phi) is 7.89. The molecule has 0 unspecified atom stereocenters. The average Bonchev–Trinajstić information content (AvgIpc) is 3.69. The number of aliphatic carboxylic acids is 1. The Morgan fingerprint density at radius 1 is 0.962 bits per heavy atom. The molecule has 1 aromatic carbocycles. The van der Waals surface area contributed by atoms with Crippen LogP contribution in [0.4, 0.5) is 33.6 Å². The van der Waals surface area contributed by atoms with E-state index in [1.54, 1.807) is 4.90 Å². The lowest BCUT2D eigenvalue weighted by atomic mass is 9.48. The van der Waals surface area contributed by atoms with E-state index in [-0.39, 0.29) is 48.2 Å². The van der Waals surface area contributed by atoms with Gasteiger partial charge in [0.05, 0.1) is 5.56 Å². The molecule has 0 radical (unpaired) electrons. The minimum atomic E-state index is -4.99. The molecule has 1 amide bonds. The molecule has 1 saturated heterocycles. The molecule has 14 heteroatoms. The third-order valence-electron chi connectivity index (χ3n) is 13.8. The number of aromatic nitrogens is 2. The number of hydrogen-bond acceptors (Lipinski definition) is 7. The van der Waals surface area contributed by atoms with Crippen LogP contribution in [0.25, 0.3) is 0 Å². The van der Waals surface area contributed by atoms with Gasteiger partial charge in [0.15, 0.2) is 5.69 Å². The molecule has 4 bridgehead atoms. The van der Waals surface area contributed by atoms with Gasteiger partial charge in [-0.05, 0) is 105 Å². The number of ether oxygens (including phenoxy) is 1. The normalized spacial score (nSPS) is 32.2. The van der Waals surface area contributed by atoms with E-state index < -0.39 is 40.8 Å². The molecular weight excluding hydrogens is 685 g/mol. The first-order chi connectivity index (χ1) is 24.7. The van der Waals surface area contributed by atoms with Gasteiger partial charge in [-0.3, -0.25) is 9.69 Å². The van der Waals surface area contributed by atoms with Crippen molar-refractivity contribution in [1.29, 1.82) is 0 Å². The van der Waals surface area contributed by atoms with E-state index in [9.17, 15) is 36.6 Å². The number of rotatable bonds is 7. The van der Waals surface area contributed by atoms with E-state index in [2.05, 4.69) is 20.2 Å². The maximum absolute atomic E-state index is 14.7. The number of carboxylic acid groups (broad SMARTS) is 1. The zero-order valence-corrected chi connectivity index (χ0v) is 28.9. The number of nitrogens with zero attached hydrogens (tertiary/aromatic N) is 4. The summed E-state index contributed by atoms with van der Waals surface area (Å²) in [5.41, 5.74) is -2.43. The van der Waals surface area contributed by atoms with Crippen molar-refractivity contribution >= 4 is 23.5 Å². The van der Waals surface area contributed by atoms with Gasteiger partial charge in [-0.15, -0.1) is 0 Å². The SMILES string of the molecule is O=C(NC1(C(=O)O)C2CC3CC(C2)CC1C3)c1cnc(N2CC3(CCCC3)c3cc(OC4CCN(C5CC(F)(F)C5)CC4)ccc32)nc1C(F)(F)F. The van der Waals surface area contributed by atoms with E-state index >= 15 is 0 Å². The summed E-state index contributed by atoms with van der Waals surface area (Å²) in [6, 6.07) is 5.56. The number of carboxylic acids is 1. The molecule has 9 nitrogen and oxygen atoms in total. The van der Waals surface area contributed by atoms with Crippen LogP contribution in [-0.2, 0) is 16.4 Å². The second-order valence-corrected chi connectivity index (χ2v) is 16.9. The van der Waals surface area contributed by atoms with E-state index in [0.29, 0.717) is 68.6 Å². The van der Waals surface area contributed by atoms with E-state index in [0.717, 1.165) is 56.7 Å². The highest BCUT2D eigenvalue weighted by atomic mass is 19.4. The zero-order chi connectivity index (χ0) is 36.2. The van der Waals surface area contributed by atoms with Crippen molar-refractivity contribution in [2.45, 2.75) is 119 Å². The molecule has 2 aliphatic heterocycles. The number of anilines is 2. The van der Waals surface area contributed by atoms with Gasteiger partial charge in [-0.1, -0.05) is 12.8 Å². The monoisotopic (exact) mass is 729 g/mol. The number of halogens is 5. The quantitative estimate of drug-likeness (QED) is 0.291. The van der Waals surface area contributed by atoms with Gasteiger partial charge in [-0.25, -0.2) is 23.5 Å². The van der Waals surface area contributed by atoms with E-state index in [1.807, 2.05) is 18.2 Å². The number of benzene rings is 1. The summed E-state index contributed by atoms with van der Waals surface area (Å²) in [7, 11) is 0. The molecule has 52 heavy (non-hydrogen) atoms. The van der Waals surface area contributed by atoms with Crippen molar-refractivity contribution in [3.05, 3.63) is 41.2 Å². The van der Waals surface area contributed by atoms with Crippen LogP contribution in [0.1, 0.15) is 105 Å². The van der Waals surface area contributed by atoms with Crippen LogP contribution in [0.2, 0.25) is 0 Å². The number of amides is 1. The molecule has 1 aromatic heterocycles. The Morgan fingerprint density at radius 3 is 2.21 bits per heavy atom. The molecule has 2 N–H and O–H groups in total. The standard InChI is InChI=1S/C38H44F5N5O4/c39-36(40)17-25(18-36)47-9-5-26(6-10-47)52-27-3-4-30-29(16-27)35(7-1-2-8-35)20-48(30)34-44-19-28(31(45-34)38(41,42)43)32(49)46-37(33(50)51)23-12-21-11-22(14-23)15-24(37)13-21/h3-4,16,19,21-26H,1-2,5-15,17-18,20H2,(H,46,49)(H,50,51). The van der Waals surface area contributed by atoms with Gasteiger partial charge in [0.1, 0.15) is 17.4 Å². The number of carbonyl (C=O) groups excluding carboxylic acids is 1. The number of carbonyl (C=O) groups is 2. The Bertz CT molecular complexity index is 1740. The highest BCUT2D eigenvalue weighted by Crippen LogP contribution is 2.59. The maximum atomic E-state index is 14.7. The summed E-state index contributed by atoms with van der Waals surface area (Å²) < 4.78 is 77.4. The summed E-state index contributed by atoms with van der Waals surface area (Å²) in [6.45, 7) is 1.77. The first-order valence-electron chi connectivity index (χ1n) is 18.9. The van der Waals surface area contributed by atoms with Crippen molar-refractivity contribution in [3.8, 4) is 5.75 Å². The zero-order valence-electron chi connectivity index (χ0n) is 28.9. The minimum Gasteiger partial charge on any atom is -0.490 e. The molecule has 6 aliphatic carbocycles. The fourth-order valence-corrected chi connectivity index (χ4v) is 11.5. The van der Waals surface area contributed by atoms with Crippen molar-refractivity contribution in [2.75, 3.05) is 24.5 Å². The highest BCUT2D eigenvalue weighted by Gasteiger charge is 2.62. The smallest absolute Gasteiger partial charge is 0.434 e. The second kappa shape index (κ2) is 12.0. The second-order valence-electron chi connectivity index (χ2n) is 16.9. The van der Waals surface area contributed by atoms with Crippen molar-refractivity contribution < 1.29 is 41.4 Å². The number of piperidine rings is 1. The molecular formula is C38H44F5N5O4. The van der Waals surface area contributed by atoms with Gasteiger partial charge >= 0.3 is 12.1 Å². The van der Waals surface area contributed by atoms with Crippen LogP contribution in [0.3, 0.4) is 0 Å². The number of likely N-dealkylation sites (tertiary alicyclic amines) is 1. The predicted molar refractivity (Wildman–Crippen MR) is 179 cm³/mol. The summed E-state index contributed by atoms with van der Waals surface area (Å²) in [6.07, 6.45) is 4.39. The van der Waals surface area contributed by atoms with Gasteiger partial charge < -0.3 is 20.1 Å². The Morgan fingerprint density at radius 2 is 1.62 bits per heavy atom. The molecule has 7 fully saturated rings.